The maximum absolute atomic E-state index is 13.2. The molecule has 2 heterocycles. The van der Waals surface area contributed by atoms with Crippen molar-refractivity contribution in [3.05, 3.63) is 57.3 Å². The molecule has 0 bridgehead atoms. The number of aryl methyl sites for hydroxylation is 1. The van der Waals surface area contributed by atoms with E-state index in [9.17, 15) is 13.2 Å². The maximum atomic E-state index is 13.2. The van der Waals surface area contributed by atoms with E-state index in [2.05, 4.69) is 28.6 Å². The molecule has 1 aromatic heterocycles. The van der Waals surface area contributed by atoms with Crippen LogP contribution >= 0.6 is 35.3 Å². The molecule has 2 N–H and O–H groups in total. The zero-order valence-corrected chi connectivity index (χ0v) is 20.2. The molecule has 9 heteroatoms. The molecule has 0 saturated carbocycles. The van der Waals surface area contributed by atoms with Gasteiger partial charge in [-0.15, -0.1) is 35.3 Å². The number of ether oxygens (including phenoxy) is 1. The largest absolute Gasteiger partial charge is 0.416 e. The quantitative estimate of drug-likeness (QED) is 0.308. The number of alkyl halides is 3. The highest BCUT2D eigenvalue weighted by Gasteiger charge is 2.37. The zero-order chi connectivity index (χ0) is 20.9. The van der Waals surface area contributed by atoms with Crippen molar-refractivity contribution in [2.75, 3.05) is 26.8 Å². The van der Waals surface area contributed by atoms with Gasteiger partial charge in [0, 0.05) is 37.1 Å². The number of thiophene rings is 1. The van der Waals surface area contributed by atoms with Gasteiger partial charge >= 0.3 is 6.18 Å². The van der Waals surface area contributed by atoms with Crippen LogP contribution in [0.1, 0.15) is 34.4 Å². The molecule has 1 fully saturated rings. The number of nitrogens with one attached hydrogen (secondary N) is 2. The molecule has 1 aliphatic heterocycles. The molecular formula is C21H27F3IN3OS. The summed E-state index contributed by atoms with van der Waals surface area (Å²) >= 11 is 1.68. The summed E-state index contributed by atoms with van der Waals surface area (Å²) in [5.41, 5.74) is 0.864. The fraction of sp³-hybridized carbons (Fsp3) is 0.476. The summed E-state index contributed by atoms with van der Waals surface area (Å²) in [6.07, 6.45) is -3.05. The molecule has 2 aromatic rings. The van der Waals surface area contributed by atoms with Gasteiger partial charge in [0.15, 0.2) is 5.96 Å². The molecular weight excluding hydrogens is 526 g/mol. The van der Waals surface area contributed by atoms with Gasteiger partial charge < -0.3 is 15.4 Å². The van der Waals surface area contributed by atoms with Crippen LogP contribution in [0.25, 0.3) is 0 Å². The Morgan fingerprint density at radius 3 is 2.53 bits per heavy atom. The average molecular weight is 553 g/mol. The van der Waals surface area contributed by atoms with Crippen molar-refractivity contribution in [3.8, 4) is 0 Å². The number of benzene rings is 1. The molecule has 1 aliphatic rings. The summed E-state index contributed by atoms with van der Waals surface area (Å²) < 4.78 is 45.2. The second-order valence-electron chi connectivity index (χ2n) is 7.28. The molecule has 0 radical (unpaired) electrons. The number of hydrogen-bond acceptors (Lipinski definition) is 3. The minimum atomic E-state index is -4.36. The summed E-state index contributed by atoms with van der Waals surface area (Å²) in [5.74, 6) is 0.635. The van der Waals surface area contributed by atoms with Crippen molar-refractivity contribution >= 4 is 41.3 Å². The average Bonchev–Trinajstić information content (AvgIpc) is 3.13. The van der Waals surface area contributed by atoms with Crippen molar-refractivity contribution in [2.24, 2.45) is 4.99 Å². The fourth-order valence-electron chi connectivity index (χ4n) is 3.58. The lowest BCUT2D eigenvalue weighted by Crippen LogP contribution is -2.48. The van der Waals surface area contributed by atoms with E-state index in [4.69, 9.17) is 4.74 Å². The summed E-state index contributed by atoms with van der Waals surface area (Å²) in [6, 6.07) is 7.74. The van der Waals surface area contributed by atoms with E-state index in [-0.39, 0.29) is 24.0 Å². The van der Waals surface area contributed by atoms with Crippen LogP contribution in [-0.4, -0.2) is 32.8 Å². The van der Waals surface area contributed by atoms with Crippen molar-refractivity contribution in [3.63, 3.8) is 0 Å². The molecule has 0 amide bonds. The van der Waals surface area contributed by atoms with Crippen molar-refractivity contribution < 1.29 is 17.9 Å². The number of aliphatic imine (C=N–C) groups is 1. The van der Waals surface area contributed by atoms with Gasteiger partial charge in [0.2, 0.25) is 0 Å². The number of nitrogens with zero attached hydrogens (tertiary/aromatic N) is 1. The van der Waals surface area contributed by atoms with Gasteiger partial charge in [-0.2, -0.15) is 13.2 Å². The van der Waals surface area contributed by atoms with Gasteiger partial charge in [0.05, 0.1) is 12.1 Å². The van der Waals surface area contributed by atoms with E-state index < -0.39 is 17.2 Å². The Morgan fingerprint density at radius 1 is 1.20 bits per heavy atom. The number of hydrogen-bond donors (Lipinski definition) is 2. The van der Waals surface area contributed by atoms with E-state index in [1.54, 1.807) is 24.5 Å². The van der Waals surface area contributed by atoms with Crippen LogP contribution in [0.2, 0.25) is 0 Å². The van der Waals surface area contributed by atoms with Gasteiger partial charge in [-0.05, 0) is 48.4 Å². The smallest absolute Gasteiger partial charge is 0.381 e. The Hall–Kier alpha value is -1.33. The van der Waals surface area contributed by atoms with E-state index >= 15 is 0 Å². The molecule has 0 atom stereocenters. The van der Waals surface area contributed by atoms with Crippen LogP contribution in [-0.2, 0) is 22.9 Å². The van der Waals surface area contributed by atoms with Crippen molar-refractivity contribution in [1.29, 1.82) is 0 Å². The van der Waals surface area contributed by atoms with Gasteiger partial charge in [-0.25, -0.2) is 0 Å². The number of guanidine groups is 1. The van der Waals surface area contributed by atoms with Gasteiger partial charge in [0.1, 0.15) is 0 Å². The Bertz CT molecular complexity index is 848. The van der Waals surface area contributed by atoms with Crippen molar-refractivity contribution in [2.45, 2.75) is 37.9 Å². The molecule has 166 valence electrons. The Morgan fingerprint density at radius 2 is 1.93 bits per heavy atom. The molecule has 0 aliphatic carbocycles. The van der Waals surface area contributed by atoms with Crippen LogP contribution in [0.5, 0.6) is 0 Å². The first-order valence-electron chi connectivity index (χ1n) is 9.57. The zero-order valence-electron chi connectivity index (χ0n) is 17.0. The predicted octanol–water partition coefficient (Wildman–Crippen LogP) is 5.11. The molecule has 0 spiro atoms. The monoisotopic (exact) mass is 553 g/mol. The molecule has 30 heavy (non-hydrogen) atoms. The molecule has 1 saturated heterocycles. The first kappa shape index (κ1) is 24.9. The van der Waals surface area contributed by atoms with Crippen LogP contribution < -0.4 is 10.6 Å². The maximum Gasteiger partial charge on any atom is 0.416 e. The Balaban J connectivity index is 0.00000320. The second-order valence-corrected chi connectivity index (χ2v) is 8.28. The second kappa shape index (κ2) is 10.8. The van der Waals surface area contributed by atoms with E-state index in [0.717, 1.165) is 6.07 Å². The van der Waals surface area contributed by atoms with Crippen LogP contribution in [0.4, 0.5) is 13.2 Å². The lowest BCUT2D eigenvalue weighted by Gasteiger charge is -2.38. The fourth-order valence-corrected chi connectivity index (χ4v) is 4.42. The topological polar surface area (TPSA) is 45.7 Å². The highest BCUT2D eigenvalue weighted by atomic mass is 127. The van der Waals surface area contributed by atoms with Gasteiger partial charge in [0.25, 0.3) is 0 Å². The number of rotatable bonds is 5. The van der Waals surface area contributed by atoms with E-state index in [1.165, 1.54) is 22.6 Å². The third-order valence-electron chi connectivity index (χ3n) is 5.45. The lowest BCUT2D eigenvalue weighted by atomic mass is 9.73. The summed E-state index contributed by atoms with van der Waals surface area (Å²) in [5, 5.41) is 8.67. The Labute approximate surface area is 196 Å². The summed E-state index contributed by atoms with van der Waals surface area (Å²) in [4.78, 5) is 5.50. The molecule has 1 aromatic carbocycles. The van der Waals surface area contributed by atoms with Crippen LogP contribution in [0, 0.1) is 6.92 Å². The first-order chi connectivity index (χ1) is 13.8. The SMILES string of the molecule is CN=C(NCc1sccc1C)NCC1(c2cccc(C(F)(F)F)c2)CCOCC1.I. The van der Waals surface area contributed by atoms with Crippen molar-refractivity contribution in [1.82, 2.24) is 10.6 Å². The predicted molar refractivity (Wildman–Crippen MR) is 126 cm³/mol. The third kappa shape index (κ3) is 6.10. The van der Waals surface area contributed by atoms with Crippen LogP contribution in [0.15, 0.2) is 40.7 Å². The van der Waals surface area contributed by atoms with Gasteiger partial charge in [-0.1, -0.05) is 18.2 Å². The molecule has 0 unspecified atom stereocenters. The third-order valence-corrected chi connectivity index (χ3v) is 6.48. The molecule has 4 nitrogen and oxygen atoms in total. The highest BCUT2D eigenvalue weighted by molar-refractivity contribution is 14.0. The van der Waals surface area contributed by atoms with E-state index in [0.29, 0.717) is 50.7 Å². The molecule has 3 rings (SSSR count). The summed E-state index contributed by atoms with van der Waals surface area (Å²) in [7, 11) is 1.69. The standard InChI is InChI=1S/C21H26F3N3OS.HI/c1-15-6-11-29-18(15)13-26-19(25-2)27-14-20(7-9-28-10-8-20)16-4-3-5-17(12-16)21(22,23)24;/h3-6,11-12H,7-10,13-14H2,1-2H3,(H2,25,26,27);1H. The normalized spacial score (nSPS) is 16.6. The minimum Gasteiger partial charge on any atom is -0.381 e. The van der Waals surface area contributed by atoms with Gasteiger partial charge in [-0.3, -0.25) is 4.99 Å². The first-order valence-corrected chi connectivity index (χ1v) is 10.4. The van der Waals surface area contributed by atoms with Crippen LogP contribution in [0.3, 0.4) is 0 Å². The number of halogens is 4. The highest BCUT2D eigenvalue weighted by Crippen LogP contribution is 2.37. The van der Waals surface area contributed by atoms with E-state index in [1.807, 2.05) is 5.38 Å². The summed E-state index contributed by atoms with van der Waals surface area (Å²) in [6.45, 7) is 4.26. The Kier molecular flexibility index (Phi) is 8.98. The lowest BCUT2D eigenvalue weighted by molar-refractivity contribution is -0.137. The minimum absolute atomic E-state index is 0.